The van der Waals surface area contributed by atoms with Gasteiger partial charge in [-0.25, -0.2) is 9.59 Å². The number of ether oxygens (including phenoxy) is 4. The van der Waals surface area contributed by atoms with Crippen LogP contribution in [0.3, 0.4) is 0 Å². The summed E-state index contributed by atoms with van der Waals surface area (Å²) >= 11 is 0. The SMILES string of the molecule is CCCCOC(=O)OCNC(=O)Oc1ccc(OC)cc1. The van der Waals surface area contributed by atoms with E-state index in [9.17, 15) is 9.59 Å². The summed E-state index contributed by atoms with van der Waals surface area (Å²) in [7, 11) is 1.54. The minimum Gasteiger partial charge on any atom is -0.497 e. The van der Waals surface area contributed by atoms with Gasteiger partial charge in [0.25, 0.3) is 0 Å². The lowest BCUT2D eigenvalue weighted by Gasteiger charge is -2.08. The monoisotopic (exact) mass is 297 g/mol. The molecule has 1 aromatic rings. The van der Waals surface area contributed by atoms with Crippen LogP contribution in [0.1, 0.15) is 19.8 Å². The van der Waals surface area contributed by atoms with Gasteiger partial charge < -0.3 is 18.9 Å². The summed E-state index contributed by atoms with van der Waals surface area (Å²) < 4.78 is 19.3. The van der Waals surface area contributed by atoms with Crippen LogP contribution in [0.2, 0.25) is 0 Å². The van der Waals surface area contributed by atoms with Crippen molar-refractivity contribution in [1.29, 1.82) is 0 Å². The van der Waals surface area contributed by atoms with Gasteiger partial charge in [-0.05, 0) is 30.7 Å². The summed E-state index contributed by atoms with van der Waals surface area (Å²) in [6.07, 6.45) is 0.122. The predicted molar refractivity (Wildman–Crippen MR) is 74.4 cm³/mol. The van der Waals surface area contributed by atoms with Crippen LogP contribution in [0, 0.1) is 0 Å². The molecule has 0 saturated heterocycles. The number of unbranched alkanes of at least 4 members (excludes halogenated alkanes) is 1. The van der Waals surface area contributed by atoms with Crippen LogP contribution < -0.4 is 14.8 Å². The van der Waals surface area contributed by atoms with E-state index in [2.05, 4.69) is 10.1 Å². The predicted octanol–water partition coefficient (Wildman–Crippen LogP) is 2.69. The molecule has 0 bridgehead atoms. The third-order valence-electron chi connectivity index (χ3n) is 2.39. The molecule has 0 spiro atoms. The molecule has 0 saturated carbocycles. The van der Waals surface area contributed by atoms with Gasteiger partial charge in [-0.15, -0.1) is 0 Å². The van der Waals surface area contributed by atoms with Gasteiger partial charge in [0, 0.05) is 0 Å². The molecule has 0 unspecified atom stereocenters. The first-order valence-corrected chi connectivity index (χ1v) is 6.55. The van der Waals surface area contributed by atoms with Crippen LogP contribution in [0.15, 0.2) is 24.3 Å². The first-order chi connectivity index (χ1) is 10.2. The third kappa shape index (κ3) is 7.05. The molecule has 7 nitrogen and oxygen atoms in total. The largest absolute Gasteiger partial charge is 0.510 e. The minimum absolute atomic E-state index is 0.297. The average molecular weight is 297 g/mol. The van der Waals surface area contributed by atoms with Gasteiger partial charge >= 0.3 is 12.2 Å². The molecule has 0 heterocycles. The van der Waals surface area contributed by atoms with Gasteiger partial charge in [-0.1, -0.05) is 13.3 Å². The topological polar surface area (TPSA) is 83.1 Å². The normalized spacial score (nSPS) is 9.62. The maximum absolute atomic E-state index is 11.4. The fourth-order valence-electron chi connectivity index (χ4n) is 1.28. The summed E-state index contributed by atoms with van der Waals surface area (Å²) in [5, 5.41) is 2.27. The van der Waals surface area contributed by atoms with E-state index in [0.29, 0.717) is 18.1 Å². The van der Waals surface area contributed by atoms with Gasteiger partial charge in [0.15, 0.2) is 6.73 Å². The number of hydrogen-bond acceptors (Lipinski definition) is 6. The number of amides is 1. The van der Waals surface area contributed by atoms with Crippen LogP contribution in [0.4, 0.5) is 9.59 Å². The van der Waals surface area contributed by atoms with Crippen molar-refractivity contribution >= 4 is 12.2 Å². The summed E-state index contributed by atoms with van der Waals surface area (Å²) in [4.78, 5) is 22.5. The lowest BCUT2D eigenvalue weighted by Crippen LogP contribution is -2.30. The highest BCUT2D eigenvalue weighted by Crippen LogP contribution is 2.16. The number of carbonyl (C=O) groups is 2. The van der Waals surface area contributed by atoms with Gasteiger partial charge in [-0.2, -0.15) is 0 Å². The van der Waals surface area contributed by atoms with E-state index in [0.717, 1.165) is 12.8 Å². The Labute approximate surface area is 123 Å². The van der Waals surface area contributed by atoms with Crippen molar-refractivity contribution in [2.24, 2.45) is 0 Å². The van der Waals surface area contributed by atoms with Crippen molar-refractivity contribution in [3.63, 3.8) is 0 Å². The van der Waals surface area contributed by atoms with E-state index < -0.39 is 12.2 Å². The van der Waals surface area contributed by atoms with Gasteiger partial charge in [0.05, 0.1) is 13.7 Å². The van der Waals surface area contributed by atoms with E-state index in [1.807, 2.05) is 6.92 Å². The Balaban J connectivity index is 2.20. The highest BCUT2D eigenvalue weighted by molar-refractivity contribution is 5.70. The molecule has 21 heavy (non-hydrogen) atoms. The molecular formula is C14H19NO6. The van der Waals surface area contributed by atoms with Crippen molar-refractivity contribution in [2.45, 2.75) is 19.8 Å². The molecule has 1 N–H and O–H groups in total. The second-order valence-corrected chi connectivity index (χ2v) is 3.98. The van der Waals surface area contributed by atoms with E-state index in [-0.39, 0.29) is 6.73 Å². The Bertz CT molecular complexity index is 445. The first kappa shape index (κ1) is 16.6. The zero-order valence-electron chi connectivity index (χ0n) is 12.1. The highest BCUT2D eigenvalue weighted by Gasteiger charge is 2.07. The van der Waals surface area contributed by atoms with Crippen molar-refractivity contribution in [1.82, 2.24) is 5.32 Å². The Hall–Kier alpha value is -2.44. The molecule has 1 aromatic carbocycles. The molecule has 0 aromatic heterocycles. The maximum Gasteiger partial charge on any atom is 0.510 e. The second-order valence-electron chi connectivity index (χ2n) is 3.98. The Morgan fingerprint density at radius 2 is 1.76 bits per heavy atom. The number of benzene rings is 1. The van der Waals surface area contributed by atoms with Crippen molar-refractivity contribution in [3.8, 4) is 11.5 Å². The van der Waals surface area contributed by atoms with Crippen molar-refractivity contribution in [2.75, 3.05) is 20.4 Å². The molecule has 1 rings (SSSR count). The Morgan fingerprint density at radius 3 is 2.38 bits per heavy atom. The molecule has 0 aliphatic rings. The maximum atomic E-state index is 11.4. The van der Waals surface area contributed by atoms with Crippen LogP contribution in [0.5, 0.6) is 11.5 Å². The van der Waals surface area contributed by atoms with Crippen molar-refractivity contribution in [3.05, 3.63) is 24.3 Å². The number of nitrogens with one attached hydrogen (secondary N) is 1. The quantitative estimate of drug-likeness (QED) is 0.473. The van der Waals surface area contributed by atoms with Crippen LogP contribution >= 0.6 is 0 Å². The van der Waals surface area contributed by atoms with Gasteiger partial charge in [0.2, 0.25) is 0 Å². The molecule has 0 fully saturated rings. The minimum atomic E-state index is -0.826. The average Bonchev–Trinajstić information content (AvgIpc) is 2.48. The van der Waals surface area contributed by atoms with E-state index in [1.165, 1.54) is 0 Å². The van der Waals surface area contributed by atoms with Crippen molar-refractivity contribution < 1.29 is 28.5 Å². The number of hydrogen-bond donors (Lipinski definition) is 1. The molecule has 116 valence electrons. The summed E-state index contributed by atoms with van der Waals surface area (Å²) in [6, 6.07) is 6.48. The van der Waals surface area contributed by atoms with E-state index >= 15 is 0 Å². The standard InChI is InChI=1S/C14H19NO6/c1-3-4-9-19-14(17)20-10-15-13(16)21-12-7-5-11(18-2)6-8-12/h5-8H,3-4,9-10H2,1-2H3,(H,15,16). The fourth-order valence-corrected chi connectivity index (χ4v) is 1.28. The summed E-state index contributed by atoms with van der Waals surface area (Å²) in [5.41, 5.74) is 0. The molecule has 0 aliphatic carbocycles. The summed E-state index contributed by atoms with van der Waals surface area (Å²) in [5.74, 6) is 1.000. The van der Waals surface area contributed by atoms with E-state index in [1.54, 1.807) is 31.4 Å². The third-order valence-corrected chi connectivity index (χ3v) is 2.39. The Kier molecular flexibility index (Phi) is 7.49. The second kappa shape index (κ2) is 9.46. The number of carbonyl (C=O) groups excluding carboxylic acids is 2. The zero-order chi connectivity index (χ0) is 15.5. The smallest absolute Gasteiger partial charge is 0.497 e. The van der Waals surface area contributed by atoms with E-state index in [4.69, 9.17) is 14.2 Å². The lowest BCUT2D eigenvalue weighted by atomic mass is 10.3. The lowest BCUT2D eigenvalue weighted by molar-refractivity contribution is 0.0497. The first-order valence-electron chi connectivity index (χ1n) is 6.55. The molecule has 0 aliphatic heterocycles. The van der Waals surface area contributed by atoms with Gasteiger partial charge in [0.1, 0.15) is 11.5 Å². The molecule has 1 amide bonds. The number of rotatable bonds is 7. The van der Waals surface area contributed by atoms with Crippen LogP contribution in [-0.2, 0) is 9.47 Å². The highest BCUT2D eigenvalue weighted by atomic mass is 16.7. The van der Waals surface area contributed by atoms with Crippen LogP contribution in [0.25, 0.3) is 0 Å². The molecule has 7 heteroatoms. The summed E-state index contributed by atoms with van der Waals surface area (Å²) in [6.45, 7) is 1.96. The molecule has 0 radical (unpaired) electrons. The van der Waals surface area contributed by atoms with Crippen LogP contribution in [-0.4, -0.2) is 32.7 Å². The van der Waals surface area contributed by atoms with Gasteiger partial charge in [-0.3, -0.25) is 5.32 Å². The number of methoxy groups -OCH3 is 1. The molecular weight excluding hydrogens is 278 g/mol. The Morgan fingerprint density at radius 1 is 1.10 bits per heavy atom. The molecule has 0 atom stereocenters. The fraction of sp³-hybridized carbons (Fsp3) is 0.429. The zero-order valence-corrected chi connectivity index (χ0v) is 12.1.